The third-order valence-electron chi connectivity index (χ3n) is 4.08. The standard InChI is InChI=1S/C13H18N4O2S.ClH/c14-6-8-2-1-3-10(8)16-11(18)9-7-15-13-17(12(9)19)4-5-20-13;/h7-8,10H,1-6,14H2,(H,16,18);1H. The molecule has 2 aliphatic rings. The zero-order valence-electron chi connectivity index (χ0n) is 11.6. The number of nitrogens with two attached hydrogens (primary N) is 1. The van der Waals surface area contributed by atoms with E-state index in [0.717, 1.165) is 25.0 Å². The van der Waals surface area contributed by atoms with Crippen molar-refractivity contribution in [2.24, 2.45) is 11.7 Å². The third kappa shape index (κ3) is 3.09. The van der Waals surface area contributed by atoms with E-state index in [1.807, 2.05) is 0 Å². The van der Waals surface area contributed by atoms with E-state index < -0.39 is 0 Å². The first-order chi connectivity index (χ1) is 9.70. The summed E-state index contributed by atoms with van der Waals surface area (Å²) in [5.74, 6) is 0.838. The molecular weight excluding hydrogens is 312 g/mol. The number of thioether (sulfide) groups is 1. The molecule has 1 amide bonds. The van der Waals surface area contributed by atoms with Crippen molar-refractivity contribution >= 4 is 30.1 Å². The van der Waals surface area contributed by atoms with Crippen molar-refractivity contribution < 1.29 is 4.79 Å². The molecule has 1 aromatic rings. The monoisotopic (exact) mass is 330 g/mol. The maximum absolute atomic E-state index is 12.3. The van der Waals surface area contributed by atoms with E-state index in [4.69, 9.17) is 5.73 Å². The molecule has 0 saturated heterocycles. The molecule has 6 nitrogen and oxygen atoms in total. The van der Waals surface area contributed by atoms with E-state index in [0.29, 0.717) is 24.2 Å². The van der Waals surface area contributed by atoms with Gasteiger partial charge in [0.2, 0.25) is 0 Å². The number of carbonyl (C=O) groups excluding carboxylic acids is 1. The van der Waals surface area contributed by atoms with Crippen molar-refractivity contribution in [2.45, 2.75) is 37.0 Å². The predicted octanol–water partition coefficient (Wildman–Crippen LogP) is 0.628. The predicted molar refractivity (Wildman–Crippen MR) is 84.1 cm³/mol. The Morgan fingerprint density at radius 1 is 1.52 bits per heavy atom. The number of rotatable bonds is 3. The smallest absolute Gasteiger partial charge is 0.267 e. The molecule has 21 heavy (non-hydrogen) atoms. The highest BCUT2D eigenvalue weighted by atomic mass is 35.5. The molecule has 2 atom stereocenters. The summed E-state index contributed by atoms with van der Waals surface area (Å²) < 4.78 is 1.58. The van der Waals surface area contributed by atoms with Crippen LogP contribution >= 0.6 is 24.2 Å². The zero-order chi connectivity index (χ0) is 14.1. The Morgan fingerprint density at radius 3 is 3.10 bits per heavy atom. The fourth-order valence-corrected chi connectivity index (χ4v) is 3.84. The first-order valence-electron chi connectivity index (χ1n) is 6.94. The van der Waals surface area contributed by atoms with E-state index in [1.165, 1.54) is 6.20 Å². The summed E-state index contributed by atoms with van der Waals surface area (Å²) in [5, 5.41) is 3.65. The van der Waals surface area contributed by atoms with E-state index in [9.17, 15) is 9.59 Å². The highest BCUT2D eigenvalue weighted by molar-refractivity contribution is 7.99. The van der Waals surface area contributed by atoms with Crippen LogP contribution in [0.4, 0.5) is 0 Å². The minimum absolute atomic E-state index is 0. The lowest BCUT2D eigenvalue weighted by molar-refractivity contribution is 0.0926. The molecule has 1 aromatic heterocycles. The lowest BCUT2D eigenvalue weighted by Gasteiger charge is -2.19. The molecule has 1 aliphatic carbocycles. The van der Waals surface area contributed by atoms with Gasteiger partial charge in [0.05, 0.1) is 0 Å². The Hall–Kier alpha value is -1.05. The molecule has 1 aliphatic heterocycles. The van der Waals surface area contributed by atoms with Crippen LogP contribution in [0.3, 0.4) is 0 Å². The number of nitrogens with one attached hydrogen (secondary N) is 1. The van der Waals surface area contributed by atoms with Gasteiger partial charge in [0, 0.05) is 24.5 Å². The van der Waals surface area contributed by atoms with Crippen molar-refractivity contribution in [3.63, 3.8) is 0 Å². The minimum Gasteiger partial charge on any atom is -0.349 e. The van der Waals surface area contributed by atoms with Gasteiger partial charge in [-0.25, -0.2) is 4.98 Å². The van der Waals surface area contributed by atoms with Crippen molar-refractivity contribution in [3.8, 4) is 0 Å². The second-order valence-corrected chi connectivity index (χ2v) is 6.33. The maximum Gasteiger partial charge on any atom is 0.267 e. The summed E-state index contributed by atoms with van der Waals surface area (Å²) >= 11 is 1.54. The summed E-state index contributed by atoms with van der Waals surface area (Å²) in [6.07, 6.45) is 4.45. The number of hydrogen-bond acceptors (Lipinski definition) is 5. The molecule has 3 N–H and O–H groups in total. The van der Waals surface area contributed by atoms with Crippen LogP contribution in [0.25, 0.3) is 0 Å². The summed E-state index contributed by atoms with van der Waals surface area (Å²) in [7, 11) is 0. The van der Waals surface area contributed by atoms with E-state index in [2.05, 4.69) is 10.3 Å². The van der Waals surface area contributed by atoms with Crippen LogP contribution in [-0.4, -0.2) is 33.8 Å². The number of nitrogens with zero attached hydrogens (tertiary/aromatic N) is 2. The molecule has 2 heterocycles. The van der Waals surface area contributed by atoms with Gasteiger partial charge in [-0.15, -0.1) is 12.4 Å². The number of aromatic nitrogens is 2. The minimum atomic E-state index is -0.319. The van der Waals surface area contributed by atoms with Crippen LogP contribution < -0.4 is 16.6 Å². The number of amides is 1. The van der Waals surface area contributed by atoms with Crippen LogP contribution in [0.15, 0.2) is 16.1 Å². The van der Waals surface area contributed by atoms with Crippen molar-refractivity contribution in [3.05, 3.63) is 22.1 Å². The highest BCUT2D eigenvalue weighted by Crippen LogP contribution is 2.25. The lowest BCUT2D eigenvalue weighted by Crippen LogP contribution is -2.42. The van der Waals surface area contributed by atoms with Gasteiger partial charge in [0.1, 0.15) is 5.56 Å². The maximum atomic E-state index is 12.3. The molecule has 0 radical (unpaired) electrons. The van der Waals surface area contributed by atoms with Crippen molar-refractivity contribution in [1.29, 1.82) is 0 Å². The van der Waals surface area contributed by atoms with Gasteiger partial charge in [0.15, 0.2) is 5.16 Å². The summed E-state index contributed by atoms with van der Waals surface area (Å²) in [4.78, 5) is 28.7. The molecule has 1 saturated carbocycles. The lowest BCUT2D eigenvalue weighted by atomic mass is 10.0. The van der Waals surface area contributed by atoms with Crippen molar-refractivity contribution in [1.82, 2.24) is 14.9 Å². The van der Waals surface area contributed by atoms with Crippen molar-refractivity contribution in [2.75, 3.05) is 12.3 Å². The SMILES string of the molecule is Cl.NCC1CCCC1NC(=O)c1cnc2n(c1=O)CCS2. The Kier molecular flexibility index (Phi) is 5.29. The van der Waals surface area contributed by atoms with Crippen LogP contribution in [0.5, 0.6) is 0 Å². The quantitative estimate of drug-likeness (QED) is 0.793. The van der Waals surface area contributed by atoms with Gasteiger partial charge in [-0.2, -0.15) is 0 Å². The van der Waals surface area contributed by atoms with E-state index in [-0.39, 0.29) is 35.5 Å². The molecule has 8 heteroatoms. The van der Waals surface area contributed by atoms with E-state index >= 15 is 0 Å². The average Bonchev–Trinajstić information content (AvgIpc) is 3.07. The fourth-order valence-electron chi connectivity index (χ4n) is 2.93. The fraction of sp³-hybridized carbons (Fsp3) is 0.615. The molecule has 2 unspecified atom stereocenters. The van der Waals surface area contributed by atoms with Gasteiger partial charge in [-0.1, -0.05) is 18.2 Å². The number of fused-ring (bicyclic) bond motifs is 1. The van der Waals surface area contributed by atoms with E-state index in [1.54, 1.807) is 16.3 Å². The van der Waals surface area contributed by atoms with Crippen LogP contribution in [-0.2, 0) is 6.54 Å². The second-order valence-electron chi connectivity index (χ2n) is 5.27. The second kappa shape index (κ2) is 6.81. The molecular formula is C13H19ClN4O2S. The normalized spacial score (nSPS) is 23.5. The molecule has 0 aromatic carbocycles. The van der Waals surface area contributed by atoms with Gasteiger partial charge >= 0.3 is 0 Å². The van der Waals surface area contributed by atoms with Crippen LogP contribution in [0.2, 0.25) is 0 Å². The molecule has 0 bridgehead atoms. The average molecular weight is 331 g/mol. The largest absolute Gasteiger partial charge is 0.349 e. The van der Waals surface area contributed by atoms with Crippen LogP contribution in [0, 0.1) is 5.92 Å². The van der Waals surface area contributed by atoms with Gasteiger partial charge in [0.25, 0.3) is 11.5 Å². The molecule has 116 valence electrons. The summed E-state index contributed by atoms with van der Waals surface area (Å²) in [6, 6.07) is 0.0829. The Labute approximate surface area is 133 Å². The molecule has 0 spiro atoms. The number of carbonyl (C=O) groups is 1. The third-order valence-corrected chi connectivity index (χ3v) is 5.05. The number of halogens is 1. The van der Waals surface area contributed by atoms with Gasteiger partial charge in [-0.05, 0) is 25.3 Å². The van der Waals surface area contributed by atoms with Crippen LogP contribution in [0.1, 0.15) is 29.6 Å². The topological polar surface area (TPSA) is 90.0 Å². The Bertz CT molecular complexity index is 592. The zero-order valence-corrected chi connectivity index (χ0v) is 13.2. The Balaban J connectivity index is 0.00000161. The van der Waals surface area contributed by atoms with Gasteiger partial charge < -0.3 is 11.1 Å². The molecule has 1 fully saturated rings. The Morgan fingerprint density at radius 2 is 2.33 bits per heavy atom. The first-order valence-corrected chi connectivity index (χ1v) is 7.93. The van der Waals surface area contributed by atoms with Gasteiger partial charge in [-0.3, -0.25) is 14.2 Å². The summed E-state index contributed by atoms with van der Waals surface area (Å²) in [6.45, 7) is 1.20. The summed E-state index contributed by atoms with van der Waals surface area (Å²) in [5.41, 5.74) is 5.61. The molecule has 3 rings (SSSR count). The first kappa shape index (κ1) is 16.3. The highest BCUT2D eigenvalue weighted by Gasteiger charge is 2.29. The number of hydrogen-bond donors (Lipinski definition) is 2.